The SMILES string of the molecule is Cc1ccc(NC(=O)c2cccc(OCC(C)C)c2)cc1. The highest BCUT2D eigenvalue weighted by Gasteiger charge is 2.07. The highest BCUT2D eigenvalue weighted by atomic mass is 16.5. The van der Waals surface area contributed by atoms with Crippen molar-refractivity contribution >= 4 is 11.6 Å². The zero-order chi connectivity index (χ0) is 15.2. The van der Waals surface area contributed by atoms with Gasteiger partial charge in [-0.2, -0.15) is 0 Å². The molecule has 0 saturated carbocycles. The van der Waals surface area contributed by atoms with E-state index in [2.05, 4.69) is 19.2 Å². The van der Waals surface area contributed by atoms with Crippen molar-refractivity contribution in [1.82, 2.24) is 0 Å². The number of nitrogens with one attached hydrogen (secondary N) is 1. The summed E-state index contributed by atoms with van der Waals surface area (Å²) in [5.41, 5.74) is 2.55. The van der Waals surface area contributed by atoms with Crippen molar-refractivity contribution in [2.45, 2.75) is 20.8 Å². The predicted octanol–water partition coefficient (Wildman–Crippen LogP) is 4.28. The topological polar surface area (TPSA) is 38.3 Å². The fourth-order valence-corrected chi connectivity index (χ4v) is 1.83. The minimum atomic E-state index is -0.131. The summed E-state index contributed by atoms with van der Waals surface area (Å²) < 4.78 is 5.64. The van der Waals surface area contributed by atoms with Gasteiger partial charge in [0.1, 0.15) is 5.75 Å². The summed E-state index contributed by atoms with van der Waals surface area (Å²) in [6, 6.07) is 15.0. The van der Waals surface area contributed by atoms with E-state index in [0.29, 0.717) is 18.1 Å². The summed E-state index contributed by atoms with van der Waals surface area (Å²) >= 11 is 0. The van der Waals surface area contributed by atoms with E-state index in [1.165, 1.54) is 0 Å². The first-order valence-corrected chi connectivity index (χ1v) is 7.15. The Labute approximate surface area is 126 Å². The maximum Gasteiger partial charge on any atom is 0.255 e. The first-order chi connectivity index (χ1) is 10.0. The fraction of sp³-hybridized carbons (Fsp3) is 0.278. The van der Waals surface area contributed by atoms with Crippen LogP contribution in [0, 0.1) is 12.8 Å². The Bertz CT molecular complexity index is 603. The molecule has 2 rings (SSSR count). The van der Waals surface area contributed by atoms with Gasteiger partial charge in [-0.1, -0.05) is 37.6 Å². The standard InChI is InChI=1S/C18H21NO2/c1-13(2)12-21-17-6-4-5-15(11-17)18(20)19-16-9-7-14(3)8-10-16/h4-11,13H,12H2,1-3H3,(H,19,20). The zero-order valence-corrected chi connectivity index (χ0v) is 12.7. The van der Waals surface area contributed by atoms with Gasteiger partial charge >= 0.3 is 0 Å². The maximum absolute atomic E-state index is 12.2. The van der Waals surface area contributed by atoms with Crippen molar-refractivity contribution in [3.05, 3.63) is 59.7 Å². The highest BCUT2D eigenvalue weighted by Crippen LogP contribution is 2.16. The number of anilines is 1. The van der Waals surface area contributed by atoms with Crippen LogP contribution in [-0.4, -0.2) is 12.5 Å². The molecule has 0 spiro atoms. The summed E-state index contributed by atoms with van der Waals surface area (Å²) in [5.74, 6) is 1.05. The number of rotatable bonds is 5. The van der Waals surface area contributed by atoms with Gasteiger partial charge in [0.25, 0.3) is 5.91 Å². The molecule has 1 amide bonds. The number of carbonyl (C=O) groups is 1. The molecular weight excluding hydrogens is 262 g/mol. The Kier molecular flexibility index (Phi) is 4.99. The van der Waals surface area contributed by atoms with Crippen LogP contribution < -0.4 is 10.1 Å². The average molecular weight is 283 g/mol. The van der Waals surface area contributed by atoms with Crippen molar-refractivity contribution in [2.24, 2.45) is 5.92 Å². The number of carbonyl (C=O) groups excluding carboxylic acids is 1. The Balaban J connectivity index is 2.05. The van der Waals surface area contributed by atoms with Gasteiger partial charge in [0, 0.05) is 11.3 Å². The summed E-state index contributed by atoms with van der Waals surface area (Å²) in [5, 5.41) is 2.88. The van der Waals surface area contributed by atoms with E-state index in [4.69, 9.17) is 4.74 Å². The molecule has 0 saturated heterocycles. The lowest BCUT2D eigenvalue weighted by Gasteiger charge is -2.10. The molecule has 3 nitrogen and oxygen atoms in total. The molecule has 0 aliphatic rings. The molecular formula is C18H21NO2. The first-order valence-electron chi connectivity index (χ1n) is 7.15. The van der Waals surface area contributed by atoms with E-state index in [1.807, 2.05) is 43.3 Å². The number of amides is 1. The molecule has 0 bridgehead atoms. The highest BCUT2D eigenvalue weighted by molar-refractivity contribution is 6.04. The molecule has 2 aromatic rings. The number of aryl methyl sites for hydroxylation is 1. The van der Waals surface area contributed by atoms with Crippen LogP contribution in [0.1, 0.15) is 29.8 Å². The minimum absolute atomic E-state index is 0.131. The molecule has 1 N–H and O–H groups in total. The molecule has 21 heavy (non-hydrogen) atoms. The third-order valence-electron chi connectivity index (χ3n) is 2.99. The summed E-state index contributed by atoms with van der Waals surface area (Å²) in [4.78, 5) is 12.2. The Morgan fingerprint density at radius 3 is 2.52 bits per heavy atom. The van der Waals surface area contributed by atoms with Gasteiger partial charge in [-0.25, -0.2) is 0 Å². The number of benzene rings is 2. The van der Waals surface area contributed by atoms with Gasteiger partial charge in [-0.3, -0.25) is 4.79 Å². The largest absolute Gasteiger partial charge is 0.493 e. The molecule has 0 heterocycles. The van der Waals surface area contributed by atoms with Gasteiger partial charge < -0.3 is 10.1 Å². The van der Waals surface area contributed by atoms with Gasteiger partial charge in [0.2, 0.25) is 0 Å². The lowest BCUT2D eigenvalue weighted by Crippen LogP contribution is -2.12. The van der Waals surface area contributed by atoms with Crippen molar-refractivity contribution in [3.63, 3.8) is 0 Å². The van der Waals surface area contributed by atoms with Gasteiger partial charge in [0.15, 0.2) is 0 Å². The predicted molar refractivity (Wildman–Crippen MR) is 85.9 cm³/mol. The second-order valence-corrected chi connectivity index (χ2v) is 5.55. The third-order valence-corrected chi connectivity index (χ3v) is 2.99. The molecule has 2 aromatic carbocycles. The molecule has 0 aliphatic carbocycles. The Hall–Kier alpha value is -2.29. The quantitative estimate of drug-likeness (QED) is 0.889. The van der Waals surface area contributed by atoms with Crippen LogP contribution in [0.25, 0.3) is 0 Å². The normalized spacial score (nSPS) is 10.5. The van der Waals surface area contributed by atoms with Crippen molar-refractivity contribution in [1.29, 1.82) is 0 Å². The van der Waals surface area contributed by atoms with E-state index < -0.39 is 0 Å². The number of hydrogen-bond donors (Lipinski definition) is 1. The van der Waals surface area contributed by atoms with Crippen LogP contribution in [0.15, 0.2) is 48.5 Å². The van der Waals surface area contributed by atoms with Gasteiger partial charge in [0.05, 0.1) is 6.61 Å². The maximum atomic E-state index is 12.2. The second-order valence-electron chi connectivity index (χ2n) is 5.55. The van der Waals surface area contributed by atoms with Crippen molar-refractivity contribution in [3.8, 4) is 5.75 Å². The van der Waals surface area contributed by atoms with Crippen LogP contribution in [-0.2, 0) is 0 Å². The molecule has 0 aromatic heterocycles. The Morgan fingerprint density at radius 2 is 1.86 bits per heavy atom. The minimum Gasteiger partial charge on any atom is -0.493 e. The van der Waals surface area contributed by atoms with Crippen LogP contribution in [0.4, 0.5) is 5.69 Å². The van der Waals surface area contributed by atoms with Crippen LogP contribution >= 0.6 is 0 Å². The van der Waals surface area contributed by atoms with Crippen molar-refractivity contribution in [2.75, 3.05) is 11.9 Å². The zero-order valence-electron chi connectivity index (χ0n) is 12.7. The molecule has 0 fully saturated rings. The lowest BCUT2D eigenvalue weighted by molar-refractivity contribution is 0.102. The molecule has 0 aliphatic heterocycles. The van der Waals surface area contributed by atoms with E-state index in [9.17, 15) is 4.79 Å². The van der Waals surface area contributed by atoms with Crippen LogP contribution in [0.3, 0.4) is 0 Å². The third kappa shape index (κ3) is 4.63. The Morgan fingerprint density at radius 1 is 1.14 bits per heavy atom. The number of hydrogen-bond acceptors (Lipinski definition) is 2. The van der Waals surface area contributed by atoms with E-state index in [-0.39, 0.29) is 5.91 Å². The monoisotopic (exact) mass is 283 g/mol. The fourth-order valence-electron chi connectivity index (χ4n) is 1.83. The molecule has 0 atom stereocenters. The van der Waals surface area contributed by atoms with Gasteiger partial charge in [-0.15, -0.1) is 0 Å². The molecule has 110 valence electrons. The van der Waals surface area contributed by atoms with E-state index in [0.717, 1.165) is 17.0 Å². The summed E-state index contributed by atoms with van der Waals surface area (Å²) in [7, 11) is 0. The average Bonchev–Trinajstić information content (AvgIpc) is 2.48. The lowest BCUT2D eigenvalue weighted by atomic mass is 10.2. The molecule has 0 radical (unpaired) electrons. The second kappa shape index (κ2) is 6.93. The first kappa shape index (κ1) is 15.1. The summed E-state index contributed by atoms with van der Waals surface area (Å²) in [6.07, 6.45) is 0. The van der Waals surface area contributed by atoms with Crippen molar-refractivity contribution < 1.29 is 9.53 Å². The van der Waals surface area contributed by atoms with Gasteiger partial charge in [-0.05, 0) is 43.2 Å². The molecule has 0 unspecified atom stereocenters. The summed E-state index contributed by atoms with van der Waals surface area (Å²) in [6.45, 7) is 6.84. The van der Waals surface area contributed by atoms with Crippen LogP contribution in [0.5, 0.6) is 5.75 Å². The van der Waals surface area contributed by atoms with E-state index in [1.54, 1.807) is 12.1 Å². The number of ether oxygens (including phenoxy) is 1. The smallest absolute Gasteiger partial charge is 0.255 e. The van der Waals surface area contributed by atoms with E-state index >= 15 is 0 Å². The molecule has 3 heteroatoms. The van der Waals surface area contributed by atoms with Crippen LogP contribution in [0.2, 0.25) is 0 Å².